The third kappa shape index (κ3) is 3.10. The van der Waals surface area contributed by atoms with Crippen molar-refractivity contribution in [1.82, 2.24) is 0 Å². The number of hydrogen-bond donors (Lipinski definition) is 0. The molecule has 17 heavy (non-hydrogen) atoms. The van der Waals surface area contributed by atoms with Crippen LogP contribution in [0.15, 0.2) is 24.3 Å². The molecule has 92 valence electrons. The lowest BCUT2D eigenvalue weighted by molar-refractivity contribution is 0.393. The van der Waals surface area contributed by atoms with Crippen molar-refractivity contribution in [3.8, 4) is 0 Å². The van der Waals surface area contributed by atoms with Gasteiger partial charge < -0.3 is 0 Å². The standard InChI is InChI=1S/C16H22S/c1-11(2)13(4)6-8-15-10-14-7-5-12(3)9-16(14)17-15/h5,7,9-11,13H,6,8H2,1-4H3. The van der Waals surface area contributed by atoms with Gasteiger partial charge in [0.1, 0.15) is 0 Å². The van der Waals surface area contributed by atoms with E-state index in [1.165, 1.54) is 33.4 Å². The van der Waals surface area contributed by atoms with Gasteiger partial charge in [-0.1, -0.05) is 32.9 Å². The summed E-state index contributed by atoms with van der Waals surface area (Å²) in [4.78, 5) is 1.54. The molecule has 2 aromatic rings. The first-order valence-corrected chi connectivity index (χ1v) is 7.37. The maximum atomic E-state index is 2.37. The van der Waals surface area contributed by atoms with Crippen LogP contribution >= 0.6 is 11.3 Å². The van der Waals surface area contributed by atoms with Crippen molar-refractivity contribution in [2.45, 2.75) is 40.5 Å². The molecule has 0 nitrogen and oxygen atoms in total. The predicted molar refractivity (Wildman–Crippen MR) is 78.9 cm³/mol. The summed E-state index contributed by atoms with van der Waals surface area (Å²) in [6.45, 7) is 9.17. The Kier molecular flexibility index (Phi) is 3.88. The zero-order chi connectivity index (χ0) is 12.4. The third-order valence-corrected chi connectivity index (χ3v) is 4.87. The second-order valence-corrected chi connectivity index (χ2v) is 6.68. The molecule has 2 rings (SSSR count). The van der Waals surface area contributed by atoms with Gasteiger partial charge in [0.05, 0.1) is 0 Å². The summed E-state index contributed by atoms with van der Waals surface area (Å²) in [7, 11) is 0. The van der Waals surface area contributed by atoms with Crippen molar-refractivity contribution in [2.75, 3.05) is 0 Å². The summed E-state index contributed by atoms with van der Waals surface area (Å²) in [5.41, 5.74) is 1.36. The molecule has 1 unspecified atom stereocenters. The zero-order valence-electron chi connectivity index (χ0n) is 11.3. The van der Waals surface area contributed by atoms with Crippen LogP contribution in [-0.2, 0) is 6.42 Å². The van der Waals surface area contributed by atoms with E-state index in [2.05, 4.69) is 52.0 Å². The van der Waals surface area contributed by atoms with Crippen LogP contribution in [0, 0.1) is 18.8 Å². The summed E-state index contributed by atoms with van der Waals surface area (Å²) in [6.07, 6.45) is 2.54. The molecule has 0 saturated heterocycles. The number of aryl methyl sites for hydroxylation is 2. The minimum Gasteiger partial charge on any atom is -0.140 e. The van der Waals surface area contributed by atoms with Gasteiger partial charge in [0, 0.05) is 9.58 Å². The number of hydrogen-bond acceptors (Lipinski definition) is 1. The Hall–Kier alpha value is -0.820. The van der Waals surface area contributed by atoms with Crippen molar-refractivity contribution >= 4 is 21.4 Å². The van der Waals surface area contributed by atoms with Crippen LogP contribution in [0.3, 0.4) is 0 Å². The molecular formula is C16H22S. The fourth-order valence-electron chi connectivity index (χ4n) is 2.02. The van der Waals surface area contributed by atoms with Gasteiger partial charge in [0.15, 0.2) is 0 Å². The summed E-state index contributed by atoms with van der Waals surface area (Å²) in [5.74, 6) is 1.62. The van der Waals surface area contributed by atoms with Gasteiger partial charge in [0.2, 0.25) is 0 Å². The van der Waals surface area contributed by atoms with E-state index in [-0.39, 0.29) is 0 Å². The molecule has 0 saturated carbocycles. The molecule has 0 spiro atoms. The second-order valence-electron chi connectivity index (χ2n) is 5.51. The lowest BCUT2D eigenvalue weighted by atomic mass is 9.93. The van der Waals surface area contributed by atoms with E-state index in [0.717, 1.165) is 11.8 Å². The molecule has 1 atom stereocenters. The SMILES string of the molecule is Cc1ccc2cc(CCC(C)C(C)C)sc2c1. The van der Waals surface area contributed by atoms with Crippen molar-refractivity contribution < 1.29 is 0 Å². The number of thiophene rings is 1. The first-order valence-electron chi connectivity index (χ1n) is 6.55. The highest BCUT2D eigenvalue weighted by Crippen LogP contribution is 2.28. The van der Waals surface area contributed by atoms with Crippen LogP contribution in [0.2, 0.25) is 0 Å². The lowest BCUT2D eigenvalue weighted by Crippen LogP contribution is -2.04. The topological polar surface area (TPSA) is 0 Å². The van der Waals surface area contributed by atoms with E-state index in [9.17, 15) is 0 Å². The van der Waals surface area contributed by atoms with Crippen LogP contribution in [0.25, 0.3) is 10.1 Å². The zero-order valence-corrected chi connectivity index (χ0v) is 12.1. The fraction of sp³-hybridized carbons (Fsp3) is 0.500. The first kappa shape index (κ1) is 12.6. The van der Waals surface area contributed by atoms with Gasteiger partial charge in [-0.15, -0.1) is 11.3 Å². The van der Waals surface area contributed by atoms with E-state index in [1.54, 1.807) is 0 Å². The molecule has 0 fully saturated rings. The van der Waals surface area contributed by atoms with Crippen LogP contribution in [0.1, 0.15) is 37.6 Å². The van der Waals surface area contributed by atoms with E-state index in [0.29, 0.717) is 0 Å². The average molecular weight is 246 g/mol. The minimum atomic E-state index is 0.798. The smallest absolute Gasteiger partial charge is 0.0348 e. The van der Waals surface area contributed by atoms with E-state index in [4.69, 9.17) is 0 Å². The second kappa shape index (κ2) is 5.22. The van der Waals surface area contributed by atoms with Crippen molar-refractivity contribution in [2.24, 2.45) is 11.8 Å². The van der Waals surface area contributed by atoms with Gasteiger partial charge in [-0.3, -0.25) is 0 Å². The summed E-state index contributed by atoms with van der Waals surface area (Å²) >= 11 is 1.97. The first-order chi connectivity index (χ1) is 8.06. The maximum absolute atomic E-state index is 2.37. The Balaban J connectivity index is 2.09. The normalized spacial score (nSPS) is 13.5. The third-order valence-electron chi connectivity index (χ3n) is 3.71. The highest BCUT2D eigenvalue weighted by molar-refractivity contribution is 7.19. The van der Waals surface area contributed by atoms with Crippen LogP contribution in [0.5, 0.6) is 0 Å². The van der Waals surface area contributed by atoms with Crippen LogP contribution in [0.4, 0.5) is 0 Å². The quantitative estimate of drug-likeness (QED) is 0.674. The molecule has 0 aliphatic rings. The Labute approximate surface area is 109 Å². The molecule has 0 amide bonds. The Morgan fingerprint density at radius 1 is 1.12 bits per heavy atom. The Bertz CT molecular complexity index is 493. The molecule has 0 aliphatic heterocycles. The largest absolute Gasteiger partial charge is 0.140 e. The van der Waals surface area contributed by atoms with Gasteiger partial charge in [-0.05, 0) is 54.7 Å². The predicted octanol–water partition coefficient (Wildman–Crippen LogP) is 5.43. The maximum Gasteiger partial charge on any atom is 0.0348 e. The Morgan fingerprint density at radius 3 is 2.59 bits per heavy atom. The average Bonchev–Trinajstić information content (AvgIpc) is 2.67. The molecule has 1 aromatic heterocycles. The van der Waals surface area contributed by atoms with Gasteiger partial charge in [-0.25, -0.2) is 0 Å². The number of rotatable bonds is 4. The van der Waals surface area contributed by atoms with Gasteiger partial charge >= 0.3 is 0 Å². The summed E-state index contributed by atoms with van der Waals surface area (Å²) in [5, 5.41) is 1.41. The van der Waals surface area contributed by atoms with Crippen molar-refractivity contribution in [3.63, 3.8) is 0 Å². The monoisotopic (exact) mass is 246 g/mol. The van der Waals surface area contributed by atoms with E-state index < -0.39 is 0 Å². The minimum absolute atomic E-state index is 0.798. The Morgan fingerprint density at radius 2 is 1.88 bits per heavy atom. The molecule has 1 aromatic carbocycles. The van der Waals surface area contributed by atoms with Crippen LogP contribution in [-0.4, -0.2) is 0 Å². The van der Waals surface area contributed by atoms with Crippen molar-refractivity contribution in [1.29, 1.82) is 0 Å². The van der Waals surface area contributed by atoms with Crippen LogP contribution < -0.4 is 0 Å². The van der Waals surface area contributed by atoms with E-state index >= 15 is 0 Å². The summed E-state index contributed by atoms with van der Waals surface area (Å²) < 4.78 is 1.44. The molecule has 0 N–H and O–H groups in total. The molecule has 0 aliphatic carbocycles. The molecule has 0 radical (unpaired) electrons. The number of fused-ring (bicyclic) bond motifs is 1. The molecule has 0 bridgehead atoms. The van der Waals surface area contributed by atoms with E-state index in [1.807, 2.05) is 11.3 Å². The molecule has 1 heterocycles. The summed E-state index contributed by atoms with van der Waals surface area (Å²) in [6, 6.07) is 9.12. The highest BCUT2D eigenvalue weighted by atomic mass is 32.1. The highest BCUT2D eigenvalue weighted by Gasteiger charge is 2.08. The van der Waals surface area contributed by atoms with Gasteiger partial charge in [0.25, 0.3) is 0 Å². The van der Waals surface area contributed by atoms with Crippen molar-refractivity contribution in [3.05, 3.63) is 34.7 Å². The van der Waals surface area contributed by atoms with Gasteiger partial charge in [-0.2, -0.15) is 0 Å². The lowest BCUT2D eigenvalue weighted by Gasteiger charge is -2.14. The molecule has 1 heteroatoms. The number of benzene rings is 1. The fourth-order valence-corrected chi connectivity index (χ4v) is 3.20. The molecular weight excluding hydrogens is 224 g/mol.